The smallest absolute Gasteiger partial charge is 0.225 e. The average Bonchev–Trinajstić information content (AvgIpc) is 3.25. The molecule has 2 aromatic rings. The summed E-state index contributed by atoms with van der Waals surface area (Å²) < 4.78 is 12.2. The molecular formula is C22H29N3O2S. The lowest BCUT2D eigenvalue weighted by Crippen LogP contribution is -2.35. The molecule has 1 fully saturated rings. The zero-order valence-electron chi connectivity index (χ0n) is 17.0. The van der Waals surface area contributed by atoms with Crippen LogP contribution >= 0.6 is 11.3 Å². The van der Waals surface area contributed by atoms with Crippen molar-refractivity contribution in [3.8, 4) is 17.7 Å². The zero-order valence-corrected chi connectivity index (χ0v) is 17.8. The molecule has 0 spiro atoms. The van der Waals surface area contributed by atoms with Gasteiger partial charge in [0.2, 0.25) is 5.88 Å². The van der Waals surface area contributed by atoms with Gasteiger partial charge in [-0.1, -0.05) is 5.92 Å². The van der Waals surface area contributed by atoms with E-state index in [1.807, 2.05) is 6.92 Å². The van der Waals surface area contributed by atoms with Crippen molar-refractivity contribution in [3.63, 3.8) is 0 Å². The van der Waals surface area contributed by atoms with Gasteiger partial charge >= 0.3 is 0 Å². The molecule has 28 heavy (non-hydrogen) atoms. The Balaban J connectivity index is 1.52. The topological polar surface area (TPSA) is 47.5 Å². The highest BCUT2D eigenvalue weighted by molar-refractivity contribution is 7.19. The van der Waals surface area contributed by atoms with Crippen LogP contribution in [0.15, 0.2) is 6.33 Å². The summed E-state index contributed by atoms with van der Waals surface area (Å²) in [5, 5.41) is 1.13. The van der Waals surface area contributed by atoms with Crippen LogP contribution in [-0.2, 0) is 11.2 Å². The summed E-state index contributed by atoms with van der Waals surface area (Å²) >= 11 is 1.79. The summed E-state index contributed by atoms with van der Waals surface area (Å²) in [6.45, 7) is 3.05. The molecule has 0 aliphatic heterocycles. The van der Waals surface area contributed by atoms with Crippen LogP contribution in [0.5, 0.6) is 5.88 Å². The number of hydrogen-bond acceptors (Lipinski definition) is 6. The van der Waals surface area contributed by atoms with Gasteiger partial charge in [-0.3, -0.25) is 0 Å². The van der Waals surface area contributed by atoms with Crippen molar-refractivity contribution < 1.29 is 9.47 Å². The Hall–Kier alpha value is -1.68. The van der Waals surface area contributed by atoms with E-state index in [-0.39, 0.29) is 6.10 Å². The number of hydrogen-bond donors (Lipinski definition) is 0. The maximum Gasteiger partial charge on any atom is 0.225 e. The molecule has 150 valence electrons. The van der Waals surface area contributed by atoms with Crippen LogP contribution in [0.1, 0.15) is 55.4 Å². The monoisotopic (exact) mass is 399 g/mol. The summed E-state index contributed by atoms with van der Waals surface area (Å²) in [6.07, 6.45) is 8.66. The Morgan fingerprint density at radius 2 is 2.00 bits per heavy atom. The number of nitrogens with zero attached hydrogens (tertiary/aromatic N) is 3. The minimum absolute atomic E-state index is 0.251. The van der Waals surface area contributed by atoms with Crippen molar-refractivity contribution in [2.45, 2.75) is 63.5 Å². The highest BCUT2D eigenvalue weighted by atomic mass is 32.1. The lowest BCUT2D eigenvalue weighted by atomic mass is 9.92. The second-order valence-electron chi connectivity index (χ2n) is 7.99. The third kappa shape index (κ3) is 4.03. The van der Waals surface area contributed by atoms with Gasteiger partial charge in [0, 0.05) is 16.8 Å². The predicted molar refractivity (Wildman–Crippen MR) is 113 cm³/mol. The third-order valence-corrected chi connectivity index (χ3v) is 7.19. The lowest BCUT2D eigenvalue weighted by Gasteiger charge is -2.32. The fourth-order valence-electron chi connectivity index (χ4n) is 4.46. The molecule has 0 radical (unpaired) electrons. The Morgan fingerprint density at radius 1 is 1.18 bits per heavy atom. The second kappa shape index (κ2) is 8.77. The van der Waals surface area contributed by atoms with Gasteiger partial charge in [0.15, 0.2) is 0 Å². The minimum atomic E-state index is 0.251. The highest BCUT2D eigenvalue weighted by Gasteiger charge is 2.31. The molecule has 2 aromatic heterocycles. The quantitative estimate of drug-likeness (QED) is 0.542. The first kappa shape index (κ1) is 19.6. The summed E-state index contributed by atoms with van der Waals surface area (Å²) in [7, 11) is 4.34. The number of thiophene rings is 1. The molecule has 2 aliphatic rings. The van der Waals surface area contributed by atoms with E-state index in [0.29, 0.717) is 25.2 Å². The number of aromatic nitrogens is 2. The average molecular weight is 400 g/mol. The van der Waals surface area contributed by atoms with E-state index in [0.717, 1.165) is 41.8 Å². The molecular weight excluding hydrogens is 370 g/mol. The van der Waals surface area contributed by atoms with Gasteiger partial charge in [-0.2, -0.15) is 0 Å². The molecule has 1 saturated carbocycles. The van der Waals surface area contributed by atoms with Gasteiger partial charge in [-0.05, 0) is 65.1 Å². The number of rotatable bonds is 6. The Labute approximate surface area is 171 Å². The minimum Gasteiger partial charge on any atom is -0.474 e. The Morgan fingerprint density at radius 3 is 2.75 bits per heavy atom. The first-order chi connectivity index (χ1) is 13.7. The molecule has 0 saturated heterocycles. The van der Waals surface area contributed by atoms with Gasteiger partial charge in [0.25, 0.3) is 0 Å². The Kier molecular flexibility index (Phi) is 6.15. The molecule has 2 heterocycles. The Bertz CT molecular complexity index is 875. The van der Waals surface area contributed by atoms with E-state index < -0.39 is 0 Å². The predicted octanol–water partition coefficient (Wildman–Crippen LogP) is 4.01. The van der Waals surface area contributed by atoms with Crippen molar-refractivity contribution in [1.82, 2.24) is 14.9 Å². The first-order valence-electron chi connectivity index (χ1n) is 10.2. The molecule has 1 unspecified atom stereocenters. The van der Waals surface area contributed by atoms with Crippen molar-refractivity contribution in [2.75, 3.05) is 27.3 Å². The molecule has 5 nitrogen and oxygen atoms in total. The fraction of sp³-hybridized carbons (Fsp3) is 0.636. The molecule has 0 aromatic carbocycles. The third-order valence-electron chi connectivity index (χ3n) is 6.02. The van der Waals surface area contributed by atoms with Gasteiger partial charge < -0.3 is 14.4 Å². The normalized spacial score (nSPS) is 24.2. The summed E-state index contributed by atoms with van der Waals surface area (Å²) in [5.74, 6) is 7.03. The van der Waals surface area contributed by atoms with E-state index in [9.17, 15) is 0 Å². The van der Waals surface area contributed by atoms with Gasteiger partial charge in [-0.25, -0.2) is 9.97 Å². The van der Waals surface area contributed by atoms with Crippen LogP contribution < -0.4 is 4.74 Å². The van der Waals surface area contributed by atoms with E-state index >= 15 is 0 Å². The maximum atomic E-state index is 6.45. The zero-order chi connectivity index (χ0) is 19.5. The van der Waals surface area contributed by atoms with Crippen molar-refractivity contribution >= 4 is 21.6 Å². The molecule has 6 heteroatoms. The van der Waals surface area contributed by atoms with E-state index in [1.54, 1.807) is 17.7 Å². The molecule has 0 bridgehead atoms. The molecule has 1 atom stereocenters. The highest BCUT2D eigenvalue weighted by Crippen LogP contribution is 2.46. The van der Waals surface area contributed by atoms with E-state index in [2.05, 4.69) is 40.8 Å². The lowest BCUT2D eigenvalue weighted by molar-refractivity contribution is 0.108. The van der Waals surface area contributed by atoms with E-state index in [4.69, 9.17) is 9.47 Å². The number of fused-ring (bicyclic) bond motifs is 3. The van der Waals surface area contributed by atoms with Crippen LogP contribution in [0.4, 0.5) is 0 Å². The summed E-state index contributed by atoms with van der Waals surface area (Å²) in [5.41, 5.74) is 1.36. The van der Waals surface area contributed by atoms with Crippen molar-refractivity contribution in [2.24, 2.45) is 0 Å². The first-order valence-corrected chi connectivity index (χ1v) is 11.1. The van der Waals surface area contributed by atoms with Crippen LogP contribution in [0.25, 0.3) is 10.2 Å². The van der Waals surface area contributed by atoms with Crippen LogP contribution in [0.2, 0.25) is 0 Å². The van der Waals surface area contributed by atoms with E-state index in [1.165, 1.54) is 23.3 Å². The molecule has 2 aliphatic carbocycles. The van der Waals surface area contributed by atoms with Crippen molar-refractivity contribution in [1.29, 1.82) is 0 Å². The van der Waals surface area contributed by atoms with Gasteiger partial charge in [-0.15, -0.1) is 17.3 Å². The molecule has 0 N–H and O–H groups in total. The molecule has 4 rings (SSSR count). The second-order valence-corrected chi connectivity index (χ2v) is 9.07. The van der Waals surface area contributed by atoms with Crippen LogP contribution in [0.3, 0.4) is 0 Å². The van der Waals surface area contributed by atoms with Gasteiger partial charge in [0.05, 0.1) is 12.0 Å². The summed E-state index contributed by atoms with van der Waals surface area (Å²) in [6, 6.07) is 0.670. The summed E-state index contributed by atoms with van der Waals surface area (Å²) in [4.78, 5) is 13.9. The van der Waals surface area contributed by atoms with Crippen LogP contribution in [0, 0.1) is 11.8 Å². The maximum absolute atomic E-state index is 6.45. The van der Waals surface area contributed by atoms with Crippen molar-refractivity contribution in [3.05, 3.63) is 16.8 Å². The SMILES string of the molecule is CC#CCOCC1CCc2sc3ncnc(OC4CCC(N(C)C)CC4)c3c21. The fourth-order valence-corrected chi connectivity index (χ4v) is 5.69. The largest absolute Gasteiger partial charge is 0.474 e. The van der Waals surface area contributed by atoms with Crippen LogP contribution in [-0.4, -0.2) is 54.3 Å². The standard InChI is InChI=1S/C22H29N3O2S/c1-4-5-12-26-13-15-6-11-18-19(15)20-21(23-14-24-22(20)28-18)27-17-9-7-16(8-10-17)25(2)3/h14-17H,6-13H2,1-3H3. The van der Waals surface area contributed by atoms with Gasteiger partial charge in [0.1, 0.15) is 23.9 Å². The molecule has 0 amide bonds. The number of aryl methyl sites for hydroxylation is 1. The number of ether oxygens (including phenoxy) is 2.